The number of ether oxygens (including phenoxy) is 1. The van der Waals surface area contributed by atoms with Crippen LogP contribution in [0.5, 0.6) is 5.75 Å². The van der Waals surface area contributed by atoms with Gasteiger partial charge < -0.3 is 4.74 Å². The molecule has 2 aromatic carbocycles. The number of hydrogen-bond acceptors (Lipinski definition) is 4. The first-order chi connectivity index (χ1) is 12.8. The molecule has 0 bridgehead atoms. The number of sulfonamides is 1. The van der Waals surface area contributed by atoms with Gasteiger partial charge in [0.25, 0.3) is 0 Å². The Morgan fingerprint density at radius 2 is 1.70 bits per heavy atom. The molecule has 0 aliphatic carbocycles. The third-order valence-corrected chi connectivity index (χ3v) is 6.96. The zero-order valence-electron chi connectivity index (χ0n) is 15.9. The molecule has 1 atom stereocenters. The number of rotatable bonds is 6. The summed E-state index contributed by atoms with van der Waals surface area (Å²) in [6.45, 7) is 4.49. The van der Waals surface area contributed by atoms with Crippen molar-refractivity contribution < 1.29 is 17.9 Å². The van der Waals surface area contributed by atoms with Crippen molar-refractivity contribution in [1.82, 2.24) is 4.31 Å². The summed E-state index contributed by atoms with van der Waals surface area (Å²) in [6, 6.07) is 13.1. The van der Waals surface area contributed by atoms with Crippen LogP contribution in [0.1, 0.15) is 48.5 Å². The van der Waals surface area contributed by atoms with Gasteiger partial charge in [0.1, 0.15) is 5.75 Å². The molecular weight excluding hydrogens is 362 g/mol. The fourth-order valence-corrected chi connectivity index (χ4v) is 5.05. The van der Waals surface area contributed by atoms with E-state index in [4.69, 9.17) is 4.74 Å². The Labute approximate surface area is 161 Å². The molecule has 1 fully saturated rings. The summed E-state index contributed by atoms with van der Waals surface area (Å²) < 4.78 is 32.7. The average molecular weight is 388 g/mol. The third kappa shape index (κ3) is 3.92. The van der Waals surface area contributed by atoms with Crippen molar-refractivity contribution in [2.45, 2.75) is 43.5 Å². The second kappa shape index (κ2) is 7.82. The molecule has 1 aliphatic rings. The van der Waals surface area contributed by atoms with Crippen molar-refractivity contribution >= 4 is 15.8 Å². The highest BCUT2D eigenvalue weighted by Crippen LogP contribution is 2.29. The Bertz CT molecular complexity index is 902. The van der Waals surface area contributed by atoms with Gasteiger partial charge >= 0.3 is 0 Å². The van der Waals surface area contributed by atoms with Crippen molar-refractivity contribution in [3.63, 3.8) is 0 Å². The number of benzene rings is 2. The first-order valence-electron chi connectivity index (χ1n) is 9.14. The van der Waals surface area contributed by atoms with E-state index in [9.17, 15) is 13.2 Å². The molecular formula is C21H25NO4S. The van der Waals surface area contributed by atoms with E-state index in [1.54, 1.807) is 43.5 Å². The van der Waals surface area contributed by atoms with Crippen LogP contribution in [0.25, 0.3) is 0 Å². The van der Waals surface area contributed by atoms with E-state index in [1.807, 2.05) is 12.1 Å². The van der Waals surface area contributed by atoms with Gasteiger partial charge in [-0.25, -0.2) is 8.42 Å². The van der Waals surface area contributed by atoms with E-state index in [0.29, 0.717) is 36.6 Å². The van der Waals surface area contributed by atoms with E-state index in [1.165, 1.54) is 4.31 Å². The number of methoxy groups -OCH3 is 1. The lowest BCUT2D eigenvalue weighted by molar-refractivity contribution is 0.0918. The Hall–Kier alpha value is -2.18. The summed E-state index contributed by atoms with van der Waals surface area (Å²) in [5.41, 5.74) is 1.58. The number of carbonyl (C=O) groups is 1. The molecule has 27 heavy (non-hydrogen) atoms. The lowest BCUT2D eigenvalue weighted by atomic mass is 10.0. The molecule has 1 unspecified atom stereocenters. The van der Waals surface area contributed by atoms with Crippen molar-refractivity contribution in [2.24, 2.45) is 0 Å². The van der Waals surface area contributed by atoms with Gasteiger partial charge in [-0.05, 0) is 60.7 Å². The minimum atomic E-state index is -3.71. The van der Waals surface area contributed by atoms with E-state index in [2.05, 4.69) is 13.8 Å². The van der Waals surface area contributed by atoms with Gasteiger partial charge in [-0.15, -0.1) is 0 Å². The molecule has 0 aromatic heterocycles. The van der Waals surface area contributed by atoms with Crippen LogP contribution in [0.15, 0.2) is 53.4 Å². The van der Waals surface area contributed by atoms with Crippen molar-refractivity contribution in [1.29, 1.82) is 0 Å². The Kier molecular flexibility index (Phi) is 5.67. The van der Waals surface area contributed by atoms with Crippen molar-refractivity contribution in [3.8, 4) is 5.75 Å². The molecule has 0 amide bonds. The first kappa shape index (κ1) is 19.6. The highest BCUT2D eigenvalue weighted by Gasteiger charge is 2.39. The molecule has 1 heterocycles. The van der Waals surface area contributed by atoms with E-state index in [-0.39, 0.29) is 10.7 Å². The molecule has 1 saturated heterocycles. The highest BCUT2D eigenvalue weighted by molar-refractivity contribution is 7.89. The van der Waals surface area contributed by atoms with E-state index >= 15 is 0 Å². The quantitative estimate of drug-likeness (QED) is 0.706. The maximum atomic E-state index is 13.1. The predicted molar refractivity (Wildman–Crippen MR) is 105 cm³/mol. The molecule has 5 nitrogen and oxygen atoms in total. The Morgan fingerprint density at radius 3 is 2.26 bits per heavy atom. The average Bonchev–Trinajstić information content (AvgIpc) is 3.18. The summed E-state index contributed by atoms with van der Waals surface area (Å²) in [7, 11) is -2.15. The summed E-state index contributed by atoms with van der Waals surface area (Å²) in [6.07, 6.45) is 1.21. The van der Waals surface area contributed by atoms with Gasteiger partial charge in [0, 0.05) is 12.1 Å². The van der Waals surface area contributed by atoms with Gasteiger partial charge in [-0.3, -0.25) is 4.79 Å². The van der Waals surface area contributed by atoms with Crippen LogP contribution in [-0.4, -0.2) is 38.2 Å². The summed E-state index contributed by atoms with van der Waals surface area (Å²) in [5, 5.41) is 0. The van der Waals surface area contributed by atoms with Crippen LogP contribution in [0, 0.1) is 0 Å². The van der Waals surface area contributed by atoms with Gasteiger partial charge in [0.15, 0.2) is 5.78 Å². The van der Waals surface area contributed by atoms with Crippen LogP contribution in [-0.2, 0) is 10.0 Å². The summed E-state index contributed by atoms with van der Waals surface area (Å²) in [5.74, 6) is 0.822. The molecule has 6 heteroatoms. The molecule has 144 valence electrons. The maximum Gasteiger partial charge on any atom is 0.243 e. The Balaban J connectivity index is 1.86. The maximum absolute atomic E-state index is 13.1. The van der Waals surface area contributed by atoms with Gasteiger partial charge in [-0.1, -0.05) is 26.0 Å². The zero-order valence-corrected chi connectivity index (χ0v) is 16.7. The fourth-order valence-electron chi connectivity index (χ4n) is 3.40. The van der Waals surface area contributed by atoms with Crippen LogP contribution in [0.4, 0.5) is 0 Å². The first-order valence-corrected chi connectivity index (χ1v) is 10.6. The number of hydrogen-bond donors (Lipinski definition) is 0. The second-order valence-corrected chi connectivity index (χ2v) is 8.98. The molecule has 0 radical (unpaired) electrons. The topological polar surface area (TPSA) is 63.7 Å². The fraction of sp³-hybridized carbons (Fsp3) is 0.381. The van der Waals surface area contributed by atoms with Crippen molar-refractivity contribution in [2.75, 3.05) is 13.7 Å². The summed E-state index contributed by atoms with van der Waals surface area (Å²) in [4.78, 5) is 13.2. The highest BCUT2D eigenvalue weighted by atomic mass is 32.2. The lowest BCUT2D eigenvalue weighted by Gasteiger charge is -2.23. The monoisotopic (exact) mass is 387 g/mol. The minimum absolute atomic E-state index is 0.169. The SMILES string of the molecule is COc1ccc(C(=O)C2CCCN2S(=O)(=O)c2ccc(C(C)C)cc2)cc1. The van der Waals surface area contributed by atoms with Crippen LogP contribution in [0.3, 0.4) is 0 Å². The van der Waals surface area contributed by atoms with Gasteiger partial charge in [-0.2, -0.15) is 4.31 Å². The largest absolute Gasteiger partial charge is 0.497 e. The number of nitrogens with zero attached hydrogens (tertiary/aromatic N) is 1. The number of ketones is 1. The standard InChI is InChI=1S/C21H25NO4S/c1-15(2)16-8-12-19(13-9-16)27(24,25)22-14-4-5-20(22)21(23)17-6-10-18(26-3)11-7-17/h6-13,15,20H,4-5,14H2,1-3H3. The van der Waals surface area contributed by atoms with Crippen LogP contribution in [0.2, 0.25) is 0 Å². The second-order valence-electron chi connectivity index (χ2n) is 7.09. The molecule has 0 saturated carbocycles. The molecule has 2 aromatic rings. The van der Waals surface area contributed by atoms with Gasteiger partial charge in [0.2, 0.25) is 10.0 Å². The summed E-state index contributed by atoms with van der Waals surface area (Å²) >= 11 is 0. The number of carbonyl (C=O) groups excluding carboxylic acids is 1. The molecule has 1 aliphatic heterocycles. The predicted octanol–water partition coefficient (Wildman–Crippen LogP) is 3.85. The Morgan fingerprint density at radius 1 is 1.07 bits per heavy atom. The van der Waals surface area contributed by atoms with Crippen LogP contribution < -0.4 is 4.74 Å². The third-order valence-electron chi connectivity index (χ3n) is 5.03. The number of Topliss-reactive ketones (excluding diaryl/α,β-unsaturated/α-hetero) is 1. The lowest BCUT2D eigenvalue weighted by Crippen LogP contribution is -2.40. The van der Waals surface area contributed by atoms with Gasteiger partial charge in [0.05, 0.1) is 18.0 Å². The normalized spacial score (nSPS) is 18.0. The smallest absolute Gasteiger partial charge is 0.243 e. The van der Waals surface area contributed by atoms with Crippen molar-refractivity contribution in [3.05, 3.63) is 59.7 Å². The zero-order chi connectivity index (χ0) is 19.6. The van der Waals surface area contributed by atoms with E-state index in [0.717, 1.165) is 5.56 Å². The molecule has 3 rings (SSSR count). The van der Waals surface area contributed by atoms with Crippen LogP contribution >= 0.6 is 0 Å². The molecule has 0 spiro atoms. The molecule has 0 N–H and O–H groups in total. The van der Waals surface area contributed by atoms with E-state index < -0.39 is 16.1 Å². The minimum Gasteiger partial charge on any atom is -0.497 e.